The van der Waals surface area contributed by atoms with Crippen LogP contribution in [0.15, 0.2) is 29.1 Å². The molecule has 0 unspecified atom stereocenters. The van der Waals surface area contributed by atoms with Gasteiger partial charge in [0.25, 0.3) is 5.56 Å². The molecule has 1 aliphatic rings. The number of benzene rings is 1. The zero-order chi connectivity index (χ0) is 21.1. The third kappa shape index (κ3) is 4.70. The molecule has 158 valence electrons. The van der Waals surface area contributed by atoms with Gasteiger partial charge in [0.2, 0.25) is 5.91 Å². The van der Waals surface area contributed by atoms with Crippen LogP contribution >= 0.6 is 23.1 Å². The number of thioether (sulfide) groups is 1. The van der Waals surface area contributed by atoms with Crippen molar-refractivity contribution in [3.8, 4) is 0 Å². The van der Waals surface area contributed by atoms with Crippen LogP contribution in [0.2, 0.25) is 0 Å². The maximum Gasteiger partial charge on any atom is 0.259 e. The average molecular weight is 443 g/mol. The average Bonchev–Trinajstić information content (AvgIpc) is 3.11. The first-order chi connectivity index (χ1) is 14.5. The zero-order valence-corrected chi connectivity index (χ0v) is 18.9. The van der Waals surface area contributed by atoms with Crippen LogP contribution in [0.3, 0.4) is 0 Å². The van der Waals surface area contributed by atoms with Crippen molar-refractivity contribution in [3.63, 3.8) is 0 Å². The summed E-state index contributed by atoms with van der Waals surface area (Å²) >= 11 is 3.12. The first kappa shape index (κ1) is 20.9. The van der Waals surface area contributed by atoms with Gasteiger partial charge in [0.1, 0.15) is 10.7 Å². The highest BCUT2D eigenvalue weighted by atomic mass is 32.2. The number of carbonyl (C=O) groups excluding carboxylic acids is 1. The van der Waals surface area contributed by atoms with E-state index < -0.39 is 0 Å². The highest BCUT2D eigenvalue weighted by Crippen LogP contribution is 2.33. The lowest BCUT2D eigenvalue weighted by Crippen LogP contribution is -2.25. The van der Waals surface area contributed by atoms with Crippen LogP contribution in [0.25, 0.3) is 10.2 Å². The molecule has 6 nitrogen and oxygen atoms in total. The van der Waals surface area contributed by atoms with Crippen molar-refractivity contribution in [2.24, 2.45) is 0 Å². The fourth-order valence-corrected chi connectivity index (χ4v) is 5.71. The second-order valence-corrected chi connectivity index (χ2v) is 9.81. The minimum atomic E-state index is -0.0415. The molecule has 1 aliphatic carbocycles. The predicted octanol–water partition coefficient (Wildman–Crippen LogP) is 3.48. The molecule has 3 aromatic rings. The molecule has 2 N–H and O–H groups in total. The van der Waals surface area contributed by atoms with Gasteiger partial charge in [-0.15, -0.1) is 23.1 Å². The Morgan fingerprint density at radius 3 is 2.97 bits per heavy atom. The van der Waals surface area contributed by atoms with E-state index in [9.17, 15) is 9.59 Å². The van der Waals surface area contributed by atoms with E-state index in [-0.39, 0.29) is 11.5 Å². The van der Waals surface area contributed by atoms with E-state index in [1.807, 2.05) is 37.2 Å². The normalized spacial score (nSPS) is 13.3. The van der Waals surface area contributed by atoms with Crippen molar-refractivity contribution < 1.29 is 4.79 Å². The molecule has 2 aromatic heterocycles. The van der Waals surface area contributed by atoms with Gasteiger partial charge in [0.15, 0.2) is 0 Å². The van der Waals surface area contributed by atoms with Crippen molar-refractivity contribution >= 4 is 44.9 Å². The molecule has 0 bridgehead atoms. The lowest BCUT2D eigenvalue weighted by Gasteiger charge is -2.13. The van der Waals surface area contributed by atoms with Gasteiger partial charge in [-0.3, -0.25) is 9.59 Å². The first-order valence-corrected chi connectivity index (χ1v) is 12.1. The minimum absolute atomic E-state index is 0.0229. The Hall–Kier alpha value is -2.32. The molecule has 0 spiro atoms. The number of anilines is 1. The van der Waals surface area contributed by atoms with Crippen molar-refractivity contribution in [1.82, 2.24) is 15.3 Å². The molecule has 0 saturated carbocycles. The highest BCUT2D eigenvalue weighted by molar-refractivity contribution is 7.99. The van der Waals surface area contributed by atoms with E-state index in [1.165, 1.54) is 28.6 Å². The highest BCUT2D eigenvalue weighted by Gasteiger charge is 2.19. The first-order valence-electron chi connectivity index (χ1n) is 10.2. The van der Waals surface area contributed by atoms with Gasteiger partial charge in [-0.1, -0.05) is 12.1 Å². The van der Waals surface area contributed by atoms with Crippen molar-refractivity contribution in [2.45, 2.75) is 38.0 Å². The van der Waals surface area contributed by atoms with Crippen LogP contribution < -0.4 is 15.8 Å². The lowest BCUT2D eigenvalue weighted by atomic mass is 9.97. The van der Waals surface area contributed by atoms with Crippen LogP contribution in [0, 0.1) is 0 Å². The number of aromatic amines is 1. The summed E-state index contributed by atoms with van der Waals surface area (Å²) in [5, 5.41) is 3.74. The van der Waals surface area contributed by atoms with Gasteiger partial charge in [0, 0.05) is 31.2 Å². The number of amides is 1. The molecule has 30 heavy (non-hydrogen) atoms. The minimum Gasteiger partial charge on any atom is -0.378 e. The van der Waals surface area contributed by atoms with Crippen molar-refractivity contribution in [2.75, 3.05) is 24.7 Å². The second-order valence-electron chi connectivity index (χ2n) is 7.74. The zero-order valence-electron chi connectivity index (χ0n) is 17.3. The summed E-state index contributed by atoms with van der Waals surface area (Å²) in [6, 6.07) is 8.10. The standard InChI is InChI=1S/C22H26N4O2S2/c1-26(2)15-7-5-6-14(10-15)11-23-19(27)13-29-12-18-24-21(28)20-16-8-3-4-9-17(16)30-22(20)25-18/h5-7,10H,3-4,8-9,11-13H2,1-2H3,(H,23,27)(H,24,25,28). The second kappa shape index (κ2) is 9.22. The molecule has 0 radical (unpaired) electrons. The van der Waals surface area contributed by atoms with E-state index in [4.69, 9.17) is 0 Å². The molecule has 4 rings (SSSR count). The monoisotopic (exact) mass is 442 g/mol. The third-order valence-electron chi connectivity index (χ3n) is 5.26. The summed E-state index contributed by atoms with van der Waals surface area (Å²) in [4.78, 5) is 36.6. The summed E-state index contributed by atoms with van der Waals surface area (Å²) in [6.07, 6.45) is 4.36. The summed E-state index contributed by atoms with van der Waals surface area (Å²) in [6.45, 7) is 0.503. The van der Waals surface area contributed by atoms with Gasteiger partial charge in [-0.05, 0) is 48.9 Å². The molecular formula is C22H26N4O2S2. The molecular weight excluding hydrogens is 416 g/mol. The smallest absolute Gasteiger partial charge is 0.259 e. The summed E-state index contributed by atoms with van der Waals surface area (Å²) in [5.74, 6) is 1.46. The van der Waals surface area contributed by atoms with Gasteiger partial charge in [0.05, 0.1) is 16.9 Å². The van der Waals surface area contributed by atoms with E-state index >= 15 is 0 Å². The van der Waals surface area contributed by atoms with Gasteiger partial charge < -0.3 is 15.2 Å². The molecule has 0 fully saturated rings. The number of hydrogen-bond donors (Lipinski definition) is 2. The van der Waals surface area contributed by atoms with Crippen molar-refractivity contribution in [3.05, 3.63) is 56.4 Å². The Morgan fingerprint density at radius 1 is 1.30 bits per heavy atom. The SMILES string of the molecule is CN(C)c1cccc(CNC(=O)CSCc2nc3sc4c(c3c(=O)[nH]2)CCCC4)c1. The van der Waals surface area contributed by atoms with Gasteiger partial charge in [-0.2, -0.15) is 0 Å². The molecule has 1 amide bonds. The van der Waals surface area contributed by atoms with Crippen LogP contribution in [0.4, 0.5) is 5.69 Å². The fourth-order valence-electron chi connectivity index (χ4n) is 3.71. The van der Waals surface area contributed by atoms with Crippen LogP contribution in [-0.4, -0.2) is 35.7 Å². The Labute approximate surface area is 184 Å². The van der Waals surface area contributed by atoms with Crippen LogP contribution in [-0.2, 0) is 29.9 Å². The summed E-state index contributed by atoms with van der Waals surface area (Å²) in [5.41, 5.74) is 3.33. The Balaban J connectivity index is 1.32. The number of fused-ring (bicyclic) bond motifs is 3. The maximum atomic E-state index is 12.6. The molecule has 0 atom stereocenters. The van der Waals surface area contributed by atoms with Crippen molar-refractivity contribution in [1.29, 1.82) is 0 Å². The topological polar surface area (TPSA) is 78.1 Å². The van der Waals surface area contributed by atoms with E-state index in [0.717, 1.165) is 40.7 Å². The number of nitrogens with one attached hydrogen (secondary N) is 2. The van der Waals surface area contributed by atoms with E-state index in [0.29, 0.717) is 23.9 Å². The Bertz CT molecular complexity index is 1120. The third-order valence-corrected chi connectivity index (χ3v) is 7.39. The number of aromatic nitrogens is 2. The van der Waals surface area contributed by atoms with Crippen LogP contribution in [0.1, 0.15) is 34.7 Å². The number of nitrogens with zero attached hydrogens (tertiary/aromatic N) is 2. The molecule has 0 aliphatic heterocycles. The summed E-state index contributed by atoms with van der Waals surface area (Å²) in [7, 11) is 3.99. The Kier molecular flexibility index (Phi) is 6.43. The summed E-state index contributed by atoms with van der Waals surface area (Å²) < 4.78 is 0. The van der Waals surface area contributed by atoms with Gasteiger partial charge in [-0.25, -0.2) is 4.98 Å². The van der Waals surface area contributed by atoms with E-state index in [1.54, 1.807) is 11.3 Å². The maximum absolute atomic E-state index is 12.6. The number of hydrogen-bond acceptors (Lipinski definition) is 6. The largest absolute Gasteiger partial charge is 0.378 e. The number of carbonyl (C=O) groups is 1. The quantitative estimate of drug-likeness (QED) is 0.586. The molecule has 8 heteroatoms. The van der Waals surface area contributed by atoms with Crippen LogP contribution in [0.5, 0.6) is 0 Å². The number of H-pyrrole nitrogens is 1. The molecule has 1 aromatic carbocycles. The van der Waals surface area contributed by atoms with E-state index in [2.05, 4.69) is 21.4 Å². The number of aryl methyl sites for hydroxylation is 2. The molecule has 0 saturated heterocycles. The molecule has 2 heterocycles. The Morgan fingerprint density at radius 2 is 2.13 bits per heavy atom. The number of rotatable bonds is 7. The number of thiophene rings is 1. The predicted molar refractivity (Wildman–Crippen MR) is 126 cm³/mol. The van der Waals surface area contributed by atoms with Gasteiger partial charge >= 0.3 is 0 Å². The lowest BCUT2D eigenvalue weighted by molar-refractivity contribution is -0.118. The fraction of sp³-hybridized carbons (Fsp3) is 0.409.